The standard InChI is InChI=1S/C6H14N2.C2N2/c1-8-5-2-3-7-4-6-8;3-1-2-4/h7H,2-6H2,1H3;. The molecular formula is C8H14N4. The first-order valence-corrected chi connectivity index (χ1v) is 3.98. The molecular weight excluding hydrogens is 152 g/mol. The van der Waals surface area contributed by atoms with Gasteiger partial charge in [-0.05, 0) is 26.6 Å². The summed E-state index contributed by atoms with van der Waals surface area (Å²) < 4.78 is 0. The zero-order valence-electron chi connectivity index (χ0n) is 7.38. The largest absolute Gasteiger partial charge is 0.315 e. The minimum atomic E-state index is 1.16. The van der Waals surface area contributed by atoms with Crippen LogP contribution in [0.25, 0.3) is 0 Å². The summed E-state index contributed by atoms with van der Waals surface area (Å²) >= 11 is 0. The third kappa shape index (κ3) is 7.01. The van der Waals surface area contributed by atoms with E-state index in [2.05, 4.69) is 17.3 Å². The second kappa shape index (κ2) is 8.00. The lowest BCUT2D eigenvalue weighted by Crippen LogP contribution is -2.23. The van der Waals surface area contributed by atoms with Crippen LogP contribution < -0.4 is 5.32 Å². The lowest BCUT2D eigenvalue weighted by atomic mass is 10.4. The Morgan fingerprint density at radius 1 is 1.17 bits per heavy atom. The molecule has 0 bridgehead atoms. The molecule has 0 unspecified atom stereocenters. The van der Waals surface area contributed by atoms with E-state index in [9.17, 15) is 0 Å². The van der Waals surface area contributed by atoms with E-state index < -0.39 is 0 Å². The van der Waals surface area contributed by atoms with E-state index in [1.807, 2.05) is 0 Å². The van der Waals surface area contributed by atoms with Crippen molar-refractivity contribution in [2.24, 2.45) is 0 Å². The van der Waals surface area contributed by atoms with Crippen molar-refractivity contribution in [2.75, 3.05) is 33.2 Å². The lowest BCUT2D eigenvalue weighted by molar-refractivity contribution is 0.358. The monoisotopic (exact) mass is 166 g/mol. The summed E-state index contributed by atoms with van der Waals surface area (Å²) in [6, 6.07) is 2.47. The quantitative estimate of drug-likeness (QED) is 0.548. The van der Waals surface area contributed by atoms with Crippen LogP contribution in [0, 0.1) is 22.7 Å². The van der Waals surface area contributed by atoms with Crippen molar-refractivity contribution in [3.8, 4) is 12.1 Å². The molecule has 0 amide bonds. The molecule has 0 aromatic rings. The zero-order valence-corrected chi connectivity index (χ0v) is 7.38. The van der Waals surface area contributed by atoms with Gasteiger partial charge in [0.15, 0.2) is 12.1 Å². The SMILES string of the molecule is CN1CCCNCC1.N#CC#N. The van der Waals surface area contributed by atoms with Gasteiger partial charge in [-0.3, -0.25) is 0 Å². The molecule has 12 heavy (non-hydrogen) atoms. The molecule has 0 aliphatic carbocycles. The highest BCUT2D eigenvalue weighted by Gasteiger charge is 2.00. The maximum Gasteiger partial charge on any atom is 0.181 e. The van der Waals surface area contributed by atoms with Gasteiger partial charge in [-0.15, -0.1) is 0 Å². The number of nitrogens with one attached hydrogen (secondary N) is 1. The lowest BCUT2D eigenvalue weighted by Gasteiger charge is -2.09. The van der Waals surface area contributed by atoms with E-state index >= 15 is 0 Å². The molecule has 1 aliphatic rings. The van der Waals surface area contributed by atoms with Crippen molar-refractivity contribution < 1.29 is 0 Å². The molecule has 0 saturated carbocycles. The minimum absolute atomic E-state index is 1.16. The highest BCUT2D eigenvalue weighted by molar-refractivity contribution is 4.99. The Balaban J connectivity index is 0.000000261. The van der Waals surface area contributed by atoms with Crippen molar-refractivity contribution in [3.05, 3.63) is 0 Å². The second-order valence-electron chi connectivity index (χ2n) is 2.63. The highest BCUT2D eigenvalue weighted by Crippen LogP contribution is 1.88. The van der Waals surface area contributed by atoms with Crippen LogP contribution in [-0.4, -0.2) is 38.1 Å². The van der Waals surface area contributed by atoms with E-state index in [1.54, 1.807) is 0 Å². The molecule has 0 aromatic carbocycles. The Hall–Kier alpha value is -1.10. The Morgan fingerprint density at radius 2 is 1.83 bits per heavy atom. The Kier molecular flexibility index (Phi) is 7.27. The van der Waals surface area contributed by atoms with Crippen LogP contribution in [-0.2, 0) is 0 Å². The number of hydrogen-bond donors (Lipinski definition) is 1. The van der Waals surface area contributed by atoms with Gasteiger partial charge in [-0.2, -0.15) is 10.5 Å². The summed E-state index contributed by atoms with van der Waals surface area (Å²) in [6.45, 7) is 4.83. The average molecular weight is 166 g/mol. The molecule has 0 atom stereocenters. The van der Waals surface area contributed by atoms with Gasteiger partial charge >= 0.3 is 0 Å². The Morgan fingerprint density at radius 3 is 2.42 bits per heavy atom. The maximum absolute atomic E-state index is 7.26. The van der Waals surface area contributed by atoms with Crippen molar-refractivity contribution in [1.29, 1.82) is 10.5 Å². The first-order chi connectivity index (χ1) is 5.81. The number of likely N-dealkylation sites (N-methyl/N-ethyl adjacent to an activating group) is 1. The molecule has 66 valence electrons. The molecule has 0 radical (unpaired) electrons. The smallest absolute Gasteiger partial charge is 0.181 e. The van der Waals surface area contributed by atoms with Gasteiger partial charge in [-0.25, -0.2) is 0 Å². The summed E-state index contributed by atoms with van der Waals surface area (Å²) in [5.74, 6) is 0. The summed E-state index contributed by atoms with van der Waals surface area (Å²) in [5, 5.41) is 17.9. The van der Waals surface area contributed by atoms with Crippen LogP contribution in [0.4, 0.5) is 0 Å². The fourth-order valence-electron chi connectivity index (χ4n) is 0.981. The average Bonchev–Trinajstić information content (AvgIpc) is 2.33. The van der Waals surface area contributed by atoms with Gasteiger partial charge in [0.2, 0.25) is 0 Å². The topological polar surface area (TPSA) is 62.9 Å². The van der Waals surface area contributed by atoms with Crippen LogP contribution in [0.1, 0.15) is 6.42 Å². The zero-order chi connectivity index (χ0) is 9.23. The van der Waals surface area contributed by atoms with E-state index in [0.717, 1.165) is 6.54 Å². The summed E-state index contributed by atoms with van der Waals surface area (Å²) in [4.78, 5) is 2.36. The normalized spacial score (nSPS) is 17.6. The van der Waals surface area contributed by atoms with Crippen molar-refractivity contribution >= 4 is 0 Å². The predicted molar refractivity (Wildman–Crippen MR) is 46.2 cm³/mol. The molecule has 4 heteroatoms. The van der Waals surface area contributed by atoms with E-state index in [1.165, 1.54) is 38.2 Å². The molecule has 1 fully saturated rings. The number of hydrogen-bond acceptors (Lipinski definition) is 4. The third-order valence-electron chi connectivity index (χ3n) is 1.61. The van der Waals surface area contributed by atoms with E-state index in [4.69, 9.17) is 10.5 Å². The number of nitrogens with zero attached hydrogens (tertiary/aromatic N) is 3. The van der Waals surface area contributed by atoms with Gasteiger partial charge in [0, 0.05) is 13.1 Å². The molecule has 1 aliphatic heterocycles. The number of rotatable bonds is 0. The van der Waals surface area contributed by atoms with E-state index in [0.29, 0.717) is 0 Å². The Labute approximate surface area is 73.4 Å². The fourth-order valence-corrected chi connectivity index (χ4v) is 0.981. The van der Waals surface area contributed by atoms with Gasteiger partial charge in [0.05, 0.1) is 0 Å². The first kappa shape index (κ1) is 10.9. The van der Waals surface area contributed by atoms with Gasteiger partial charge in [-0.1, -0.05) is 0 Å². The van der Waals surface area contributed by atoms with Crippen molar-refractivity contribution in [1.82, 2.24) is 10.2 Å². The molecule has 4 nitrogen and oxygen atoms in total. The van der Waals surface area contributed by atoms with Crippen LogP contribution >= 0.6 is 0 Å². The first-order valence-electron chi connectivity index (χ1n) is 3.98. The molecule has 1 N–H and O–H groups in total. The highest BCUT2D eigenvalue weighted by atomic mass is 15.1. The van der Waals surface area contributed by atoms with Crippen LogP contribution in [0.15, 0.2) is 0 Å². The van der Waals surface area contributed by atoms with Crippen LogP contribution in [0.2, 0.25) is 0 Å². The molecule has 0 aromatic heterocycles. The van der Waals surface area contributed by atoms with Gasteiger partial charge in [0.1, 0.15) is 0 Å². The molecule has 1 rings (SSSR count). The van der Waals surface area contributed by atoms with Gasteiger partial charge in [0.25, 0.3) is 0 Å². The van der Waals surface area contributed by atoms with Gasteiger partial charge < -0.3 is 10.2 Å². The second-order valence-corrected chi connectivity index (χ2v) is 2.63. The summed E-state index contributed by atoms with van der Waals surface area (Å²) in [5.41, 5.74) is 0. The van der Waals surface area contributed by atoms with Crippen molar-refractivity contribution in [2.45, 2.75) is 6.42 Å². The molecule has 1 saturated heterocycles. The molecule has 1 heterocycles. The Bertz CT molecular complexity index is 156. The van der Waals surface area contributed by atoms with Crippen LogP contribution in [0.3, 0.4) is 0 Å². The third-order valence-corrected chi connectivity index (χ3v) is 1.61. The minimum Gasteiger partial charge on any atom is -0.315 e. The van der Waals surface area contributed by atoms with Crippen molar-refractivity contribution in [3.63, 3.8) is 0 Å². The predicted octanol–water partition coefficient (Wildman–Crippen LogP) is -0.0549. The number of nitriles is 2. The summed E-state index contributed by atoms with van der Waals surface area (Å²) in [6.07, 6.45) is 1.30. The fraction of sp³-hybridized carbons (Fsp3) is 0.750. The van der Waals surface area contributed by atoms with E-state index in [-0.39, 0.29) is 0 Å². The van der Waals surface area contributed by atoms with Crippen LogP contribution in [0.5, 0.6) is 0 Å². The summed E-state index contributed by atoms with van der Waals surface area (Å²) in [7, 11) is 2.17. The molecule has 0 spiro atoms. The maximum atomic E-state index is 7.26.